The number of unbranched alkanes of at least 4 members (excludes halogenated alkanes) is 30. The molecule has 0 aromatic heterocycles. The van der Waals surface area contributed by atoms with Gasteiger partial charge in [0.15, 0.2) is 6.29 Å². The van der Waals surface area contributed by atoms with E-state index in [-0.39, 0.29) is 18.9 Å². The maximum absolute atomic E-state index is 13.0. The van der Waals surface area contributed by atoms with Crippen LogP contribution in [-0.4, -0.2) is 95.4 Å². The summed E-state index contributed by atoms with van der Waals surface area (Å²) in [5.41, 5.74) is 0. The molecule has 12 nitrogen and oxygen atoms in total. The van der Waals surface area contributed by atoms with Crippen molar-refractivity contribution in [1.82, 2.24) is 5.32 Å². The van der Waals surface area contributed by atoms with E-state index in [2.05, 4.69) is 23.3 Å². The van der Waals surface area contributed by atoms with Gasteiger partial charge in [0, 0.05) is 6.42 Å². The van der Waals surface area contributed by atoms with Crippen LogP contribution in [0, 0.1) is 0 Å². The Morgan fingerprint density at radius 2 is 1.05 bits per heavy atom. The number of hydrogen-bond acceptors (Lipinski definition) is 10. The van der Waals surface area contributed by atoms with Gasteiger partial charge in [0.25, 0.3) is 0 Å². The van der Waals surface area contributed by atoms with Gasteiger partial charge in [-0.2, -0.15) is 8.42 Å². The topological polar surface area (TPSA) is 192 Å². The molecule has 0 bridgehead atoms. The van der Waals surface area contributed by atoms with Gasteiger partial charge in [-0.05, 0) is 19.3 Å². The fraction of sp³-hybridized carbons (Fsp3) is 0.936. The van der Waals surface area contributed by atoms with Crippen LogP contribution in [0.15, 0.2) is 12.2 Å². The number of ether oxygens (including phenoxy) is 2. The lowest BCUT2D eigenvalue weighted by Gasteiger charge is -2.41. The van der Waals surface area contributed by atoms with Gasteiger partial charge in [0.05, 0.1) is 25.4 Å². The van der Waals surface area contributed by atoms with E-state index in [9.17, 15) is 38.2 Å². The van der Waals surface area contributed by atoms with E-state index < -0.39 is 59.9 Å². The first-order chi connectivity index (χ1) is 29.0. The van der Waals surface area contributed by atoms with Gasteiger partial charge in [0.1, 0.15) is 24.4 Å². The van der Waals surface area contributed by atoms with Crippen molar-refractivity contribution < 1.29 is 51.8 Å². The number of aliphatic hydroxyl groups is 4. The number of allylic oxidation sites excluding steroid dienone is 1. The molecule has 6 N–H and O–H groups in total. The monoisotopic (exact) mass is 878 g/mol. The Balaban J connectivity index is 2.48. The summed E-state index contributed by atoms with van der Waals surface area (Å²) in [5, 5.41) is 44.8. The molecule has 60 heavy (non-hydrogen) atoms. The maximum atomic E-state index is 13.0. The molecule has 1 amide bonds. The molecule has 1 fully saturated rings. The van der Waals surface area contributed by atoms with Crippen molar-refractivity contribution in [2.45, 2.75) is 269 Å². The molecule has 7 unspecified atom stereocenters. The van der Waals surface area contributed by atoms with Gasteiger partial charge in [-0.25, -0.2) is 4.18 Å². The predicted octanol–water partition coefficient (Wildman–Crippen LogP) is 9.95. The lowest BCUT2D eigenvalue weighted by molar-refractivity contribution is -0.298. The van der Waals surface area contributed by atoms with Crippen LogP contribution in [0.3, 0.4) is 0 Å². The van der Waals surface area contributed by atoms with Crippen LogP contribution in [0.2, 0.25) is 0 Å². The Kier molecular flexibility index (Phi) is 36.3. The molecule has 1 rings (SSSR count). The normalized spacial score (nSPS) is 20.8. The van der Waals surface area contributed by atoms with Crippen LogP contribution < -0.4 is 5.32 Å². The van der Waals surface area contributed by atoms with Crippen molar-refractivity contribution in [2.75, 3.05) is 13.2 Å². The molecule has 356 valence electrons. The first kappa shape index (κ1) is 56.9. The minimum Gasteiger partial charge on any atom is -0.394 e. The van der Waals surface area contributed by atoms with Crippen molar-refractivity contribution in [2.24, 2.45) is 0 Å². The molecule has 0 spiro atoms. The number of rotatable bonds is 42. The van der Waals surface area contributed by atoms with Gasteiger partial charge >= 0.3 is 10.4 Å². The van der Waals surface area contributed by atoms with Crippen LogP contribution >= 0.6 is 0 Å². The third kappa shape index (κ3) is 30.8. The van der Waals surface area contributed by atoms with Crippen molar-refractivity contribution in [3.05, 3.63) is 12.2 Å². The SMILES string of the molecule is CCCCCCCCCCCCCCCCCCC/C=C/C(O)C(COC1OC(CO)C(O)C(OS(=O)(=O)O)C1O)NC(=O)CCCCCCCCCCCCCCCC. The number of nitrogens with one attached hydrogen (secondary N) is 1. The van der Waals surface area contributed by atoms with Gasteiger partial charge in [-0.15, -0.1) is 0 Å². The standard InChI is InChI=1S/C47H91NO11S/c1-3-5-7-9-11-13-15-17-19-20-21-22-23-24-26-28-30-32-34-36-41(50)40(39-57-47-45(53)46(59-60(54,55)56)44(52)42(38-49)58-47)48-43(51)37-35-33-31-29-27-25-18-16-14-12-10-8-6-4-2/h34,36,40-42,44-47,49-50,52-53H,3-33,35,37-39H2,1-2H3,(H,48,51)(H,54,55,56)/b36-34+. The van der Waals surface area contributed by atoms with E-state index >= 15 is 0 Å². The van der Waals surface area contributed by atoms with Crippen LogP contribution in [0.5, 0.6) is 0 Å². The average Bonchev–Trinajstić information content (AvgIpc) is 3.22. The van der Waals surface area contributed by atoms with Crippen molar-refractivity contribution in [1.29, 1.82) is 0 Å². The second kappa shape index (κ2) is 38.3. The van der Waals surface area contributed by atoms with Gasteiger partial charge in [0.2, 0.25) is 5.91 Å². The molecule has 0 radical (unpaired) electrons. The van der Waals surface area contributed by atoms with Crippen LogP contribution in [0.4, 0.5) is 0 Å². The largest absolute Gasteiger partial charge is 0.397 e. The fourth-order valence-corrected chi connectivity index (χ4v) is 8.49. The molecular formula is C47H91NO11S. The van der Waals surface area contributed by atoms with Crippen molar-refractivity contribution in [3.63, 3.8) is 0 Å². The molecule has 0 saturated carbocycles. The zero-order chi connectivity index (χ0) is 44.1. The second-order valence-corrected chi connectivity index (χ2v) is 18.5. The van der Waals surface area contributed by atoms with E-state index in [1.165, 1.54) is 161 Å². The molecule has 7 atom stereocenters. The van der Waals surface area contributed by atoms with Gasteiger partial charge < -0.3 is 35.2 Å². The van der Waals surface area contributed by atoms with E-state index in [4.69, 9.17) is 9.47 Å². The van der Waals surface area contributed by atoms with E-state index in [1.807, 2.05) is 6.08 Å². The summed E-state index contributed by atoms with van der Waals surface area (Å²) in [5.74, 6) is -0.260. The lowest BCUT2D eigenvalue weighted by atomic mass is 9.99. The molecule has 1 saturated heterocycles. The Morgan fingerprint density at radius 1 is 0.650 bits per heavy atom. The van der Waals surface area contributed by atoms with E-state index in [1.54, 1.807) is 6.08 Å². The molecular weight excluding hydrogens is 787 g/mol. The first-order valence-electron chi connectivity index (χ1n) is 24.6. The zero-order valence-electron chi connectivity index (χ0n) is 38.0. The first-order valence-corrected chi connectivity index (χ1v) is 25.9. The van der Waals surface area contributed by atoms with Crippen LogP contribution in [-0.2, 0) is 28.9 Å². The summed E-state index contributed by atoms with van der Waals surface area (Å²) >= 11 is 0. The Bertz CT molecular complexity index is 1130. The fourth-order valence-electron chi connectivity index (χ4n) is 7.98. The number of carbonyl (C=O) groups excluding carboxylic acids is 1. The van der Waals surface area contributed by atoms with Gasteiger partial charge in [-0.1, -0.05) is 212 Å². The third-order valence-corrected chi connectivity index (χ3v) is 12.3. The molecule has 13 heteroatoms. The summed E-state index contributed by atoms with van der Waals surface area (Å²) in [6.07, 6.45) is 33.9. The number of aliphatic hydroxyl groups excluding tert-OH is 4. The smallest absolute Gasteiger partial charge is 0.394 e. The number of carbonyl (C=O) groups is 1. The average molecular weight is 878 g/mol. The molecule has 1 aliphatic rings. The minimum absolute atomic E-state index is 0.260. The third-order valence-electron chi connectivity index (χ3n) is 11.8. The maximum Gasteiger partial charge on any atom is 0.397 e. The molecule has 1 aliphatic heterocycles. The van der Waals surface area contributed by atoms with E-state index in [0.29, 0.717) is 6.42 Å². The van der Waals surface area contributed by atoms with Gasteiger partial charge in [-0.3, -0.25) is 9.35 Å². The van der Waals surface area contributed by atoms with Crippen molar-refractivity contribution >= 4 is 16.3 Å². The summed E-state index contributed by atoms with van der Waals surface area (Å²) < 4.78 is 47.6. The highest BCUT2D eigenvalue weighted by Crippen LogP contribution is 2.26. The summed E-state index contributed by atoms with van der Waals surface area (Å²) in [4.78, 5) is 13.0. The second-order valence-electron chi connectivity index (χ2n) is 17.4. The van der Waals surface area contributed by atoms with Crippen LogP contribution in [0.25, 0.3) is 0 Å². The van der Waals surface area contributed by atoms with Crippen LogP contribution in [0.1, 0.15) is 226 Å². The molecule has 0 aromatic carbocycles. The Morgan fingerprint density at radius 3 is 1.45 bits per heavy atom. The van der Waals surface area contributed by atoms with E-state index in [0.717, 1.165) is 38.5 Å². The Hall–Kier alpha value is -1.16. The zero-order valence-corrected chi connectivity index (χ0v) is 38.9. The Labute approximate surface area is 366 Å². The number of amides is 1. The van der Waals surface area contributed by atoms with Crippen molar-refractivity contribution in [3.8, 4) is 0 Å². The summed E-state index contributed by atoms with van der Waals surface area (Å²) in [6.45, 7) is 3.40. The lowest BCUT2D eigenvalue weighted by Crippen LogP contribution is -2.61. The highest BCUT2D eigenvalue weighted by atomic mass is 32.3. The number of hydrogen-bond donors (Lipinski definition) is 6. The molecule has 0 aliphatic carbocycles. The summed E-state index contributed by atoms with van der Waals surface area (Å²) in [6, 6.07) is -0.938. The minimum atomic E-state index is -5.08. The summed E-state index contributed by atoms with van der Waals surface area (Å²) in [7, 11) is -5.08. The molecule has 1 heterocycles. The highest BCUT2D eigenvalue weighted by molar-refractivity contribution is 7.80. The molecule has 0 aromatic rings. The quantitative estimate of drug-likeness (QED) is 0.0194. The highest BCUT2D eigenvalue weighted by Gasteiger charge is 2.48. The predicted molar refractivity (Wildman–Crippen MR) is 241 cm³/mol.